The summed E-state index contributed by atoms with van der Waals surface area (Å²) in [7, 11) is 0. The monoisotopic (exact) mass is 212 g/mol. The molecule has 0 aliphatic heterocycles. The van der Waals surface area contributed by atoms with E-state index in [4.69, 9.17) is 5.11 Å². The van der Waals surface area contributed by atoms with Crippen molar-refractivity contribution in [3.05, 3.63) is 60.3 Å². The molecule has 0 aromatic heterocycles. The highest BCUT2D eigenvalue weighted by Crippen LogP contribution is 2.17. The van der Waals surface area contributed by atoms with Crippen LogP contribution in [-0.2, 0) is 0 Å². The van der Waals surface area contributed by atoms with Crippen molar-refractivity contribution in [1.82, 2.24) is 0 Å². The highest BCUT2D eigenvalue weighted by Gasteiger charge is 2.04. The van der Waals surface area contributed by atoms with Gasteiger partial charge < -0.3 is 5.11 Å². The van der Waals surface area contributed by atoms with Crippen LogP contribution >= 0.6 is 0 Å². The normalized spacial score (nSPS) is 13.3. The summed E-state index contributed by atoms with van der Waals surface area (Å²) < 4.78 is 25.5. The van der Waals surface area contributed by atoms with Crippen LogP contribution in [0.2, 0.25) is 0 Å². The van der Waals surface area contributed by atoms with Gasteiger partial charge >= 0.3 is 0 Å². The molecule has 0 aromatic carbocycles. The van der Waals surface area contributed by atoms with Gasteiger partial charge in [-0.15, -0.1) is 0 Å². The maximum Gasteiger partial charge on any atom is 0.128 e. The van der Waals surface area contributed by atoms with E-state index < -0.39 is 18.3 Å². The molecule has 3 heteroatoms. The van der Waals surface area contributed by atoms with Gasteiger partial charge in [0.15, 0.2) is 0 Å². The fourth-order valence-corrected chi connectivity index (χ4v) is 0.869. The molecule has 82 valence electrons. The van der Waals surface area contributed by atoms with Crippen LogP contribution in [0.25, 0.3) is 0 Å². The second-order valence-corrected chi connectivity index (χ2v) is 2.79. The number of allylic oxidation sites excluding steroid dienone is 6. The largest absolute Gasteiger partial charge is 0.392 e. The van der Waals surface area contributed by atoms with Gasteiger partial charge in [0.05, 0.1) is 6.61 Å². The summed E-state index contributed by atoms with van der Waals surface area (Å²) in [4.78, 5) is 0. The molecule has 0 amide bonds. The summed E-state index contributed by atoms with van der Waals surface area (Å²) in [5.41, 5.74) is 0.248. The van der Waals surface area contributed by atoms with Gasteiger partial charge in [-0.3, -0.25) is 0 Å². The second-order valence-electron chi connectivity index (χ2n) is 2.79. The van der Waals surface area contributed by atoms with Crippen LogP contribution in [0, 0.1) is 0 Å². The van der Waals surface area contributed by atoms with Gasteiger partial charge in [-0.05, 0) is 24.6 Å². The fourth-order valence-electron chi connectivity index (χ4n) is 0.869. The molecular weight excluding hydrogens is 198 g/mol. The lowest BCUT2D eigenvalue weighted by atomic mass is 10.1. The van der Waals surface area contributed by atoms with Crippen molar-refractivity contribution in [2.45, 2.75) is 6.92 Å². The van der Waals surface area contributed by atoms with Gasteiger partial charge in [-0.1, -0.05) is 25.3 Å². The third kappa shape index (κ3) is 5.08. The molecule has 0 rings (SSSR count). The van der Waals surface area contributed by atoms with E-state index in [9.17, 15) is 8.78 Å². The van der Waals surface area contributed by atoms with Crippen LogP contribution in [0.3, 0.4) is 0 Å². The Morgan fingerprint density at radius 1 is 1.20 bits per heavy atom. The summed E-state index contributed by atoms with van der Waals surface area (Å²) in [6.07, 6.45) is 5.02. The number of rotatable bonds is 5. The predicted octanol–water partition coefficient (Wildman–Crippen LogP) is 3.37. The summed E-state index contributed by atoms with van der Waals surface area (Å²) >= 11 is 0. The van der Waals surface area contributed by atoms with E-state index in [1.807, 2.05) is 0 Å². The summed E-state index contributed by atoms with van der Waals surface area (Å²) in [6, 6.07) is 0. The number of halogens is 2. The first kappa shape index (κ1) is 13.5. The third-order valence-corrected chi connectivity index (χ3v) is 1.61. The third-order valence-electron chi connectivity index (χ3n) is 1.61. The topological polar surface area (TPSA) is 20.2 Å². The molecule has 0 saturated heterocycles. The lowest BCUT2D eigenvalue weighted by molar-refractivity contribution is 0.330. The molecule has 0 bridgehead atoms. The minimum absolute atomic E-state index is 0.0330. The van der Waals surface area contributed by atoms with E-state index in [1.165, 1.54) is 18.2 Å². The zero-order valence-corrected chi connectivity index (χ0v) is 8.63. The second kappa shape index (κ2) is 6.90. The molecule has 0 spiro atoms. The Labute approximate surface area is 88.4 Å². The number of hydrogen-bond acceptors (Lipinski definition) is 1. The van der Waals surface area contributed by atoms with Gasteiger partial charge in [0, 0.05) is 5.57 Å². The zero-order valence-electron chi connectivity index (χ0n) is 8.63. The summed E-state index contributed by atoms with van der Waals surface area (Å²) in [6.45, 7) is 7.69. The summed E-state index contributed by atoms with van der Waals surface area (Å²) in [5, 5.41) is 8.92. The van der Waals surface area contributed by atoms with Crippen molar-refractivity contribution in [2.24, 2.45) is 0 Å². The Bertz CT molecular complexity index is 336. The highest BCUT2D eigenvalue weighted by atomic mass is 19.1. The van der Waals surface area contributed by atoms with E-state index in [-0.39, 0.29) is 11.1 Å². The number of hydrogen-bond donors (Lipinski definition) is 1. The Hall–Kier alpha value is -1.48. The van der Waals surface area contributed by atoms with Gasteiger partial charge in [0.1, 0.15) is 11.7 Å². The lowest BCUT2D eigenvalue weighted by Gasteiger charge is -2.03. The van der Waals surface area contributed by atoms with Crippen molar-refractivity contribution in [3.8, 4) is 0 Å². The van der Waals surface area contributed by atoms with Gasteiger partial charge in [0.25, 0.3) is 0 Å². The molecule has 0 aliphatic carbocycles. The van der Waals surface area contributed by atoms with Crippen LogP contribution in [0.1, 0.15) is 6.92 Å². The van der Waals surface area contributed by atoms with Crippen LogP contribution in [-0.4, -0.2) is 11.7 Å². The average molecular weight is 212 g/mol. The standard InChI is InChI=1S/C12H14F2O/c1-4-5-12(14)11(8-15)9(2)6-7-10(3)13/h4-7,15H,2-3,8H2,1H3/b5-4-,7-6-,12-11-. The van der Waals surface area contributed by atoms with Gasteiger partial charge in [-0.25, -0.2) is 8.78 Å². The first-order chi connectivity index (χ1) is 7.02. The van der Waals surface area contributed by atoms with E-state index in [1.54, 1.807) is 6.92 Å². The Balaban J connectivity index is 4.91. The lowest BCUT2D eigenvalue weighted by Crippen LogP contribution is -1.94. The van der Waals surface area contributed by atoms with Gasteiger partial charge in [0.2, 0.25) is 0 Å². The van der Waals surface area contributed by atoms with E-state index in [0.29, 0.717) is 0 Å². The molecule has 0 fully saturated rings. The number of aliphatic hydroxyl groups excluding tert-OH is 1. The zero-order chi connectivity index (χ0) is 11.8. The molecule has 1 nitrogen and oxygen atoms in total. The minimum atomic E-state index is -0.653. The van der Waals surface area contributed by atoms with Crippen LogP contribution in [0.5, 0.6) is 0 Å². The first-order valence-corrected chi connectivity index (χ1v) is 4.36. The molecule has 1 N–H and O–H groups in total. The quantitative estimate of drug-likeness (QED) is 0.693. The van der Waals surface area contributed by atoms with E-state index >= 15 is 0 Å². The van der Waals surface area contributed by atoms with Crippen molar-refractivity contribution < 1.29 is 13.9 Å². The van der Waals surface area contributed by atoms with Crippen LogP contribution in [0.4, 0.5) is 8.78 Å². The molecular formula is C12H14F2O. The van der Waals surface area contributed by atoms with Crippen LogP contribution in [0.15, 0.2) is 60.3 Å². The van der Waals surface area contributed by atoms with Crippen molar-refractivity contribution >= 4 is 0 Å². The highest BCUT2D eigenvalue weighted by molar-refractivity contribution is 5.43. The molecule has 15 heavy (non-hydrogen) atoms. The molecule has 0 atom stereocenters. The predicted molar refractivity (Wildman–Crippen MR) is 58.6 cm³/mol. The Morgan fingerprint density at radius 2 is 1.80 bits per heavy atom. The SMILES string of the molecule is C=C(F)/C=C\C(=C)/C(CO)=C(F)/C=C\C. The molecule has 0 saturated carbocycles. The molecule has 0 aliphatic rings. The number of aliphatic hydroxyl groups is 1. The fraction of sp³-hybridized carbons (Fsp3) is 0.167. The van der Waals surface area contributed by atoms with Crippen LogP contribution < -0.4 is 0 Å². The molecule has 0 radical (unpaired) electrons. The van der Waals surface area contributed by atoms with E-state index in [2.05, 4.69) is 13.2 Å². The maximum absolute atomic E-state index is 13.3. The van der Waals surface area contributed by atoms with Crippen molar-refractivity contribution in [3.63, 3.8) is 0 Å². The maximum atomic E-state index is 13.3. The minimum Gasteiger partial charge on any atom is -0.392 e. The van der Waals surface area contributed by atoms with Crippen molar-refractivity contribution in [2.75, 3.05) is 6.61 Å². The molecule has 0 unspecified atom stereocenters. The van der Waals surface area contributed by atoms with Gasteiger partial charge in [-0.2, -0.15) is 0 Å². The Kier molecular flexibility index (Phi) is 6.22. The van der Waals surface area contributed by atoms with E-state index in [0.717, 1.165) is 6.08 Å². The Morgan fingerprint density at radius 3 is 2.20 bits per heavy atom. The van der Waals surface area contributed by atoms with Crippen molar-refractivity contribution in [1.29, 1.82) is 0 Å². The first-order valence-electron chi connectivity index (χ1n) is 4.36. The average Bonchev–Trinajstić information content (AvgIpc) is 2.16. The molecule has 0 heterocycles. The summed E-state index contributed by atoms with van der Waals surface area (Å²) in [5.74, 6) is -1.24. The molecule has 0 aromatic rings. The smallest absolute Gasteiger partial charge is 0.128 e.